The molecule has 0 radical (unpaired) electrons. The number of carbonyl (C=O) groups excluding carboxylic acids is 2. The van der Waals surface area contributed by atoms with Gasteiger partial charge in [-0.2, -0.15) is 0 Å². The van der Waals surface area contributed by atoms with Crippen LogP contribution in [0.2, 0.25) is 0 Å². The average Bonchev–Trinajstić information content (AvgIpc) is 2.63. The lowest BCUT2D eigenvalue weighted by Crippen LogP contribution is -2.38. The number of carbonyl (C=O) groups is 2. The zero-order valence-electron chi connectivity index (χ0n) is 14.4. The lowest BCUT2D eigenvalue weighted by Gasteiger charge is -2.18. The van der Waals surface area contributed by atoms with Gasteiger partial charge in [-0.3, -0.25) is 4.79 Å². The molecular weight excluding hydrogens is 321 g/mol. The molecule has 0 heterocycles. The van der Waals surface area contributed by atoms with Crippen molar-refractivity contribution in [1.82, 2.24) is 5.32 Å². The SMILES string of the molecule is CC[C@@H](CNC(=O)[C@@H](C)OC(=O)c1ccc(F)cc1)c1ccccc1. The van der Waals surface area contributed by atoms with E-state index in [2.05, 4.69) is 12.2 Å². The van der Waals surface area contributed by atoms with Gasteiger partial charge < -0.3 is 10.1 Å². The monoisotopic (exact) mass is 343 g/mol. The number of ether oxygens (including phenoxy) is 1. The van der Waals surface area contributed by atoms with E-state index in [-0.39, 0.29) is 17.4 Å². The van der Waals surface area contributed by atoms with Crippen LogP contribution in [0.3, 0.4) is 0 Å². The molecule has 1 N–H and O–H groups in total. The number of hydrogen-bond donors (Lipinski definition) is 1. The largest absolute Gasteiger partial charge is 0.449 e. The minimum atomic E-state index is -0.925. The Morgan fingerprint density at radius 1 is 1.08 bits per heavy atom. The van der Waals surface area contributed by atoms with Crippen molar-refractivity contribution in [1.29, 1.82) is 0 Å². The summed E-state index contributed by atoms with van der Waals surface area (Å²) in [5.74, 6) is -1.25. The maximum atomic E-state index is 12.9. The number of nitrogens with one attached hydrogen (secondary N) is 1. The fourth-order valence-electron chi connectivity index (χ4n) is 2.46. The lowest BCUT2D eigenvalue weighted by molar-refractivity contribution is -0.129. The number of esters is 1. The Kier molecular flexibility index (Phi) is 6.69. The van der Waals surface area contributed by atoms with E-state index in [1.807, 2.05) is 30.3 Å². The molecule has 1 amide bonds. The zero-order valence-corrected chi connectivity index (χ0v) is 14.4. The first kappa shape index (κ1) is 18.6. The highest BCUT2D eigenvalue weighted by Crippen LogP contribution is 2.18. The Labute approximate surface area is 147 Å². The van der Waals surface area contributed by atoms with Crippen LogP contribution in [0.15, 0.2) is 54.6 Å². The molecule has 25 heavy (non-hydrogen) atoms. The van der Waals surface area contributed by atoms with Crippen LogP contribution in [-0.2, 0) is 9.53 Å². The zero-order chi connectivity index (χ0) is 18.2. The third kappa shape index (κ3) is 5.41. The standard InChI is InChI=1S/C20H22FNO3/c1-3-15(16-7-5-4-6-8-16)13-22-19(23)14(2)25-20(24)17-9-11-18(21)12-10-17/h4-12,14-15H,3,13H2,1-2H3,(H,22,23)/t14-,15+/m1/s1. The van der Waals surface area contributed by atoms with Crippen molar-refractivity contribution < 1.29 is 18.7 Å². The van der Waals surface area contributed by atoms with Crippen LogP contribution in [0.25, 0.3) is 0 Å². The molecule has 0 spiro atoms. The molecular formula is C20H22FNO3. The van der Waals surface area contributed by atoms with Crippen LogP contribution in [0, 0.1) is 5.82 Å². The van der Waals surface area contributed by atoms with Gasteiger partial charge in [0, 0.05) is 12.5 Å². The summed E-state index contributed by atoms with van der Waals surface area (Å²) in [5.41, 5.74) is 1.36. The van der Waals surface area contributed by atoms with Crippen LogP contribution in [0.1, 0.15) is 42.1 Å². The Morgan fingerprint density at radius 2 is 1.72 bits per heavy atom. The number of halogens is 1. The van der Waals surface area contributed by atoms with Gasteiger partial charge in [-0.15, -0.1) is 0 Å². The molecule has 5 heteroatoms. The summed E-state index contributed by atoms with van der Waals surface area (Å²) < 4.78 is 18.0. The molecule has 132 valence electrons. The van der Waals surface area contributed by atoms with Gasteiger partial charge in [-0.05, 0) is 43.2 Å². The molecule has 2 rings (SSSR count). The highest BCUT2D eigenvalue weighted by molar-refractivity contribution is 5.92. The van der Waals surface area contributed by atoms with Crippen molar-refractivity contribution >= 4 is 11.9 Å². The van der Waals surface area contributed by atoms with Crippen molar-refractivity contribution in [3.05, 3.63) is 71.5 Å². The fraction of sp³-hybridized carbons (Fsp3) is 0.300. The summed E-state index contributed by atoms with van der Waals surface area (Å²) in [4.78, 5) is 24.1. The normalized spacial score (nSPS) is 12.9. The quantitative estimate of drug-likeness (QED) is 0.780. The molecule has 4 nitrogen and oxygen atoms in total. The molecule has 0 unspecified atom stereocenters. The van der Waals surface area contributed by atoms with Gasteiger partial charge in [0.25, 0.3) is 5.91 Å². The summed E-state index contributed by atoms with van der Waals surface area (Å²) in [5, 5.41) is 2.82. The van der Waals surface area contributed by atoms with Crippen LogP contribution in [0.4, 0.5) is 4.39 Å². The fourth-order valence-corrected chi connectivity index (χ4v) is 2.46. The number of rotatable bonds is 7. The van der Waals surface area contributed by atoms with Crippen molar-refractivity contribution in [2.24, 2.45) is 0 Å². The van der Waals surface area contributed by atoms with E-state index in [1.54, 1.807) is 0 Å². The number of hydrogen-bond acceptors (Lipinski definition) is 3. The highest BCUT2D eigenvalue weighted by Gasteiger charge is 2.20. The van der Waals surface area contributed by atoms with Gasteiger partial charge >= 0.3 is 5.97 Å². The predicted octanol–water partition coefficient (Wildman–Crippen LogP) is 3.68. The second-order valence-electron chi connectivity index (χ2n) is 5.82. The number of amides is 1. The van der Waals surface area contributed by atoms with Crippen molar-refractivity contribution in [3.63, 3.8) is 0 Å². The average molecular weight is 343 g/mol. The van der Waals surface area contributed by atoms with Gasteiger partial charge in [0.2, 0.25) is 0 Å². The molecule has 0 fully saturated rings. The van der Waals surface area contributed by atoms with Gasteiger partial charge in [0.05, 0.1) is 5.56 Å². The van der Waals surface area contributed by atoms with Crippen molar-refractivity contribution in [2.75, 3.05) is 6.54 Å². The van der Waals surface area contributed by atoms with E-state index in [4.69, 9.17) is 4.74 Å². The van der Waals surface area contributed by atoms with Gasteiger partial charge in [0.15, 0.2) is 6.10 Å². The van der Waals surface area contributed by atoms with Gasteiger partial charge in [-0.1, -0.05) is 37.3 Å². The predicted molar refractivity (Wildman–Crippen MR) is 93.8 cm³/mol. The van der Waals surface area contributed by atoms with Crippen LogP contribution < -0.4 is 5.32 Å². The first-order valence-electron chi connectivity index (χ1n) is 8.30. The van der Waals surface area contributed by atoms with Crippen molar-refractivity contribution in [2.45, 2.75) is 32.3 Å². The Bertz CT molecular complexity index is 701. The lowest BCUT2D eigenvalue weighted by atomic mass is 9.96. The van der Waals surface area contributed by atoms with E-state index in [1.165, 1.54) is 31.2 Å². The second-order valence-corrected chi connectivity index (χ2v) is 5.82. The maximum Gasteiger partial charge on any atom is 0.338 e. The van der Waals surface area contributed by atoms with E-state index in [0.29, 0.717) is 6.54 Å². The van der Waals surface area contributed by atoms with Gasteiger partial charge in [-0.25, -0.2) is 9.18 Å². The number of benzene rings is 2. The molecule has 0 aliphatic rings. The summed E-state index contributed by atoms with van der Waals surface area (Å²) >= 11 is 0. The molecule has 0 aromatic heterocycles. The van der Waals surface area contributed by atoms with Crippen molar-refractivity contribution in [3.8, 4) is 0 Å². The molecule has 2 atom stereocenters. The Morgan fingerprint density at radius 3 is 2.32 bits per heavy atom. The Hall–Kier alpha value is -2.69. The summed E-state index contributed by atoms with van der Waals surface area (Å²) in [7, 11) is 0. The third-order valence-corrected chi connectivity index (χ3v) is 4.02. The molecule has 0 aliphatic carbocycles. The summed E-state index contributed by atoms with van der Waals surface area (Å²) in [6.07, 6.45) is -0.0422. The van der Waals surface area contributed by atoms with E-state index in [9.17, 15) is 14.0 Å². The molecule has 0 saturated carbocycles. The maximum absolute atomic E-state index is 12.9. The van der Waals surface area contributed by atoms with E-state index >= 15 is 0 Å². The first-order chi connectivity index (χ1) is 12.0. The molecule has 0 saturated heterocycles. The van der Waals surface area contributed by atoms with Crippen LogP contribution in [0.5, 0.6) is 0 Å². The summed E-state index contributed by atoms with van der Waals surface area (Å²) in [6.45, 7) is 4.04. The molecule has 0 aliphatic heterocycles. The van der Waals surface area contributed by atoms with Gasteiger partial charge in [0.1, 0.15) is 5.82 Å². The smallest absolute Gasteiger partial charge is 0.338 e. The minimum Gasteiger partial charge on any atom is -0.449 e. The molecule has 2 aromatic rings. The topological polar surface area (TPSA) is 55.4 Å². The molecule has 0 bridgehead atoms. The first-order valence-corrected chi connectivity index (χ1v) is 8.30. The van der Waals surface area contributed by atoms with Crippen LogP contribution in [-0.4, -0.2) is 24.5 Å². The van der Waals surface area contributed by atoms with E-state index in [0.717, 1.165) is 12.0 Å². The molecule has 2 aromatic carbocycles. The van der Waals surface area contributed by atoms with E-state index < -0.39 is 17.9 Å². The van der Waals surface area contributed by atoms with Crippen LogP contribution >= 0.6 is 0 Å². The second kappa shape index (κ2) is 8.97. The minimum absolute atomic E-state index is 0.199. The highest BCUT2D eigenvalue weighted by atomic mass is 19.1. The summed E-state index contributed by atoms with van der Waals surface area (Å²) in [6, 6.07) is 14.9. The Balaban J connectivity index is 1.87. The third-order valence-electron chi connectivity index (χ3n) is 4.02.